The maximum absolute atomic E-state index is 11.1. The summed E-state index contributed by atoms with van der Waals surface area (Å²) >= 11 is 0. The minimum absolute atomic E-state index is 0.205. The molecule has 0 atom stereocenters. The summed E-state index contributed by atoms with van der Waals surface area (Å²) in [5, 5.41) is 3.07. The van der Waals surface area contributed by atoms with Gasteiger partial charge in [0.2, 0.25) is 5.91 Å². The normalized spacial score (nSPS) is 10.7. The van der Waals surface area contributed by atoms with Crippen molar-refractivity contribution in [2.45, 2.75) is 20.4 Å². The summed E-state index contributed by atoms with van der Waals surface area (Å²) in [4.78, 5) is 17.4. The van der Waals surface area contributed by atoms with Crippen LogP contribution in [0, 0.1) is 5.92 Å². The van der Waals surface area contributed by atoms with Crippen LogP contribution in [-0.2, 0) is 11.3 Å². The number of amides is 1. The highest BCUT2D eigenvalue weighted by Gasteiger charge is 2.12. The number of nitrogens with one attached hydrogen (secondary N) is 1. The first kappa shape index (κ1) is 14.4. The van der Waals surface area contributed by atoms with Crippen molar-refractivity contribution in [2.24, 2.45) is 11.7 Å². The maximum atomic E-state index is 11.1. The lowest BCUT2D eigenvalue weighted by molar-refractivity contribution is -0.116. The van der Waals surface area contributed by atoms with E-state index in [-0.39, 0.29) is 12.5 Å². The van der Waals surface area contributed by atoms with Crippen LogP contribution in [0.5, 0.6) is 0 Å². The Balaban J connectivity index is 2.80. The fourth-order valence-electron chi connectivity index (χ4n) is 1.78. The third kappa shape index (κ3) is 4.71. The Kier molecular flexibility index (Phi) is 5.58. The van der Waals surface area contributed by atoms with Gasteiger partial charge in [0.05, 0.1) is 6.54 Å². The van der Waals surface area contributed by atoms with Gasteiger partial charge in [-0.05, 0) is 24.6 Å². The number of anilines is 1. The number of aromatic nitrogens is 1. The topological polar surface area (TPSA) is 71.2 Å². The van der Waals surface area contributed by atoms with Crippen LogP contribution in [0.15, 0.2) is 18.3 Å². The Bertz CT molecular complexity index is 375. The molecule has 1 rings (SSSR count). The molecule has 1 heterocycles. The van der Waals surface area contributed by atoms with E-state index in [9.17, 15) is 4.79 Å². The highest BCUT2D eigenvalue weighted by atomic mass is 16.1. The molecule has 0 aliphatic heterocycles. The largest absolute Gasteiger partial charge is 0.368 e. The van der Waals surface area contributed by atoms with Gasteiger partial charge in [0.1, 0.15) is 5.82 Å². The second kappa shape index (κ2) is 6.96. The first-order chi connectivity index (χ1) is 8.52. The van der Waals surface area contributed by atoms with E-state index in [2.05, 4.69) is 24.1 Å². The van der Waals surface area contributed by atoms with E-state index in [1.54, 1.807) is 0 Å². The average Bonchev–Trinajstić information content (AvgIpc) is 2.28. The van der Waals surface area contributed by atoms with Gasteiger partial charge in [-0.25, -0.2) is 4.98 Å². The molecule has 0 spiro atoms. The fraction of sp³-hybridized carbons (Fsp3) is 0.538. The zero-order valence-corrected chi connectivity index (χ0v) is 11.3. The first-order valence-electron chi connectivity index (χ1n) is 6.15. The molecular formula is C13H22N4O. The van der Waals surface area contributed by atoms with Gasteiger partial charge >= 0.3 is 0 Å². The minimum atomic E-state index is -0.336. The molecule has 5 heteroatoms. The molecule has 0 saturated heterocycles. The van der Waals surface area contributed by atoms with Crippen LogP contribution >= 0.6 is 0 Å². The molecule has 18 heavy (non-hydrogen) atoms. The molecule has 1 aromatic rings. The molecule has 1 amide bonds. The summed E-state index contributed by atoms with van der Waals surface area (Å²) in [6.07, 6.45) is 1.82. The Morgan fingerprint density at radius 1 is 1.50 bits per heavy atom. The third-order valence-corrected chi connectivity index (χ3v) is 2.45. The van der Waals surface area contributed by atoms with Gasteiger partial charge in [-0.1, -0.05) is 19.9 Å². The predicted octanol–water partition coefficient (Wildman–Crippen LogP) is 0.749. The number of hydrogen-bond acceptors (Lipinski definition) is 4. The van der Waals surface area contributed by atoms with E-state index in [4.69, 9.17) is 5.73 Å². The Morgan fingerprint density at radius 2 is 2.22 bits per heavy atom. The molecule has 3 N–H and O–H groups in total. The molecule has 0 unspecified atom stereocenters. The van der Waals surface area contributed by atoms with Crippen LogP contribution in [0.2, 0.25) is 0 Å². The second-order valence-electron chi connectivity index (χ2n) is 4.80. The summed E-state index contributed by atoms with van der Waals surface area (Å²) in [6, 6.07) is 3.94. The number of primary amides is 1. The predicted molar refractivity (Wildman–Crippen MR) is 73.2 cm³/mol. The molecule has 0 aliphatic carbocycles. The van der Waals surface area contributed by atoms with Crippen LogP contribution in [0.1, 0.15) is 19.4 Å². The summed E-state index contributed by atoms with van der Waals surface area (Å²) < 4.78 is 0. The van der Waals surface area contributed by atoms with Gasteiger partial charge in [0, 0.05) is 19.3 Å². The van der Waals surface area contributed by atoms with Gasteiger partial charge in [-0.3, -0.25) is 4.79 Å². The number of hydrogen-bond donors (Lipinski definition) is 2. The van der Waals surface area contributed by atoms with Gasteiger partial charge in [-0.2, -0.15) is 0 Å². The smallest absolute Gasteiger partial charge is 0.236 e. The average molecular weight is 250 g/mol. The molecule has 5 nitrogen and oxygen atoms in total. The monoisotopic (exact) mass is 250 g/mol. The number of pyridine rings is 1. The fourth-order valence-corrected chi connectivity index (χ4v) is 1.78. The Hall–Kier alpha value is -1.62. The number of nitrogens with two attached hydrogens (primary N) is 1. The van der Waals surface area contributed by atoms with Crippen LogP contribution in [-0.4, -0.2) is 31.0 Å². The van der Waals surface area contributed by atoms with Crippen molar-refractivity contribution >= 4 is 11.7 Å². The molecule has 0 saturated carbocycles. The molecule has 0 aliphatic rings. The zero-order chi connectivity index (χ0) is 13.5. The maximum Gasteiger partial charge on any atom is 0.236 e. The van der Waals surface area contributed by atoms with E-state index < -0.39 is 0 Å². The Morgan fingerprint density at radius 3 is 2.67 bits per heavy atom. The molecule has 0 radical (unpaired) electrons. The first-order valence-corrected chi connectivity index (χ1v) is 6.15. The molecular weight excluding hydrogens is 228 g/mol. The number of rotatable bonds is 7. The van der Waals surface area contributed by atoms with Gasteiger partial charge in [0.15, 0.2) is 0 Å². The van der Waals surface area contributed by atoms with Gasteiger partial charge in [0.25, 0.3) is 0 Å². The van der Waals surface area contributed by atoms with E-state index in [0.29, 0.717) is 5.92 Å². The van der Waals surface area contributed by atoms with Crippen molar-refractivity contribution in [1.82, 2.24) is 10.3 Å². The lowest BCUT2D eigenvalue weighted by Crippen LogP contribution is -2.36. The standard InChI is InChI=1S/C13H22N4O/c1-10(2)8-17(9-12(14)18)13-5-4-11(6-15-3)7-16-13/h4-5,7,10,15H,6,8-9H2,1-3H3,(H2,14,18). The van der Waals surface area contributed by atoms with Gasteiger partial charge < -0.3 is 16.0 Å². The number of carbonyl (C=O) groups is 1. The lowest BCUT2D eigenvalue weighted by Gasteiger charge is -2.24. The minimum Gasteiger partial charge on any atom is -0.368 e. The quantitative estimate of drug-likeness (QED) is 0.749. The van der Waals surface area contributed by atoms with E-state index in [1.165, 1.54) is 0 Å². The molecule has 0 aromatic carbocycles. The second-order valence-corrected chi connectivity index (χ2v) is 4.80. The van der Waals surface area contributed by atoms with Crippen LogP contribution in [0.4, 0.5) is 5.82 Å². The highest BCUT2D eigenvalue weighted by Crippen LogP contribution is 2.13. The molecule has 0 fully saturated rings. The van der Waals surface area contributed by atoms with Crippen molar-refractivity contribution < 1.29 is 4.79 Å². The summed E-state index contributed by atoms with van der Waals surface area (Å²) in [5.41, 5.74) is 6.38. The van der Waals surface area contributed by atoms with Crippen molar-refractivity contribution in [3.8, 4) is 0 Å². The molecule has 100 valence electrons. The van der Waals surface area contributed by atoms with E-state index in [0.717, 1.165) is 24.5 Å². The van der Waals surface area contributed by atoms with Crippen LogP contribution < -0.4 is 16.0 Å². The summed E-state index contributed by atoms with van der Waals surface area (Å²) in [5.74, 6) is 0.905. The van der Waals surface area contributed by atoms with Gasteiger partial charge in [-0.15, -0.1) is 0 Å². The number of carbonyl (C=O) groups excluding carboxylic acids is 1. The molecule has 0 bridgehead atoms. The van der Waals surface area contributed by atoms with Crippen LogP contribution in [0.25, 0.3) is 0 Å². The third-order valence-electron chi connectivity index (χ3n) is 2.45. The van der Waals surface area contributed by atoms with Crippen LogP contribution in [0.3, 0.4) is 0 Å². The van der Waals surface area contributed by atoms with E-state index >= 15 is 0 Å². The highest BCUT2D eigenvalue weighted by molar-refractivity contribution is 5.79. The van der Waals surface area contributed by atoms with E-state index in [1.807, 2.05) is 30.3 Å². The summed E-state index contributed by atoms with van der Waals surface area (Å²) in [6.45, 7) is 5.96. The SMILES string of the molecule is CNCc1ccc(N(CC(N)=O)CC(C)C)nc1. The van der Waals surface area contributed by atoms with Crippen molar-refractivity contribution in [1.29, 1.82) is 0 Å². The van der Waals surface area contributed by atoms with Crippen molar-refractivity contribution in [2.75, 3.05) is 25.0 Å². The molecule has 1 aromatic heterocycles. The number of nitrogens with zero attached hydrogens (tertiary/aromatic N) is 2. The Labute approximate surface area is 108 Å². The summed E-state index contributed by atoms with van der Waals surface area (Å²) in [7, 11) is 1.89. The van der Waals surface area contributed by atoms with Crippen molar-refractivity contribution in [3.63, 3.8) is 0 Å². The lowest BCUT2D eigenvalue weighted by atomic mass is 10.2. The van der Waals surface area contributed by atoms with Crippen molar-refractivity contribution in [3.05, 3.63) is 23.9 Å². The zero-order valence-electron chi connectivity index (χ0n) is 11.3.